The summed E-state index contributed by atoms with van der Waals surface area (Å²) >= 11 is 0. The van der Waals surface area contributed by atoms with Gasteiger partial charge < -0.3 is 0 Å². The molecule has 0 aliphatic heterocycles. The van der Waals surface area contributed by atoms with Gasteiger partial charge in [0.15, 0.2) is 0 Å². The Hall–Kier alpha value is -0.870. The van der Waals surface area contributed by atoms with Gasteiger partial charge in [-0.05, 0) is 36.8 Å². The summed E-state index contributed by atoms with van der Waals surface area (Å²) in [7, 11) is -4.15. The highest BCUT2D eigenvalue weighted by Crippen LogP contribution is 2.31. The second kappa shape index (κ2) is 6.93. The van der Waals surface area contributed by atoms with Crippen molar-refractivity contribution in [3.05, 3.63) is 28.8 Å². The van der Waals surface area contributed by atoms with Crippen molar-refractivity contribution in [2.45, 2.75) is 70.1 Å². The average molecular weight is 310 g/mol. The van der Waals surface area contributed by atoms with E-state index in [1.165, 1.54) is 32.1 Å². The highest BCUT2D eigenvalue weighted by atomic mass is 32.2. The minimum atomic E-state index is -4.15. The van der Waals surface area contributed by atoms with E-state index in [1.54, 1.807) is 0 Å². The van der Waals surface area contributed by atoms with Gasteiger partial charge in [-0.1, -0.05) is 63.1 Å². The van der Waals surface area contributed by atoms with Gasteiger partial charge in [0.25, 0.3) is 10.1 Å². The molecule has 21 heavy (non-hydrogen) atoms. The van der Waals surface area contributed by atoms with Crippen molar-refractivity contribution in [1.82, 2.24) is 0 Å². The summed E-state index contributed by atoms with van der Waals surface area (Å²) in [6, 6.07) is 3.84. The summed E-state index contributed by atoms with van der Waals surface area (Å²) < 4.78 is 33.4. The van der Waals surface area contributed by atoms with Crippen LogP contribution in [0.4, 0.5) is 0 Å². The molecule has 1 fully saturated rings. The normalized spacial score (nSPS) is 17.1. The molecule has 0 unspecified atom stereocenters. The molecule has 0 aromatic heterocycles. The van der Waals surface area contributed by atoms with Crippen molar-refractivity contribution >= 4 is 10.1 Å². The van der Waals surface area contributed by atoms with E-state index in [0.29, 0.717) is 12.3 Å². The Balaban J connectivity index is 2.42. The molecule has 0 spiro atoms. The first-order chi connectivity index (χ1) is 9.91. The summed E-state index contributed by atoms with van der Waals surface area (Å²) in [4.78, 5) is 0.181. The van der Waals surface area contributed by atoms with Crippen LogP contribution in [-0.2, 0) is 23.0 Å². The van der Waals surface area contributed by atoms with Crippen molar-refractivity contribution in [1.29, 1.82) is 0 Å². The van der Waals surface area contributed by atoms with Crippen LogP contribution in [0.3, 0.4) is 0 Å². The Morgan fingerprint density at radius 3 is 2.33 bits per heavy atom. The van der Waals surface area contributed by atoms with E-state index in [0.717, 1.165) is 29.5 Å². The predicted molar refractivity (Wildman–Crippen MR) is 85.3 cm³/mol. The Bertz CT molecular complexity index is 584. The minimum Gasteiger partial charge on any atom is -0.282 e. The lowest BCUT2D eigenvalue weighted by Gasteiger charge is -2.23. The molecule has 0 amide bonds. The third-order valence-corrected chi connectivity index (χ3v) is 5.44. The van der Waals surface area contributed by atoms with Crippen molar-refractivity contribution in [2.24, 2.45) is 5.92 Å². The molecule has 0 bridgehead atoms. The largest absolute Gasteiger partial charge is 0.295 e. The first-order valence-electron chi connectivity index (χ1n) is 8.01. The number of rotatable bonds is 5. The quantitative estimate of drug-likeness (QED) is 0.824. The third-order valence-electron chi connectivity index (χ3n) is 4.40. The lowest BCUT2D eigenvalue weighted by molar-refractivity contribution is 0.354. The maximum atomic E-state index is 11.9. The number of aryl methyl sites for hydroxylation is 2. The lowest BCUT2D eigenvalue weighted by atomic mass is 9.84. The summed E-state index contributed by atoms with van der Waals surface area (Å²) in [6.45, 7) is 4.02. The van der Waals surface area contributed by atoms with Crippen LogP contribution in [0.15, 0.2) is 17.0 Å². The molecule has 4 heteroatoms. The van der Waals surface area contributed by atoms with Crippen LogP contribution >= 0.6 is 0 Å². The van der Waals surface area contributed by atoms with Gasteiger partial charge in [-0.15, -0.1) is 0 Å². The summed E-state index contributed by atoms with van der Waals surface area (Å²) in [5, 5.41) is 0. The Kier molecular flexibility index (Phi) is 5.44. The van der Waals surface area contributed by atoms with Gasteiger partial charge in [0.05, 0.1) is 0 Å². The van der Waals surface area contributed by atoms with E-state index in [1.807, 2.05) is 26.0 Å². The van der Waals surface area contributed by atoms with Crippen LogP contribution in [0.2, 0.25) is 0 Å². The SMILES string of the molecule is CCCc1cc(C)cc(CC2CCCCC2)c1S(=O)(=O)O. The number of benzene rings is 1. The van der Waals surface area contributed by atoms with Crippen LogP contribution in [0.1, 0.15) is 62.1 Å². The van der Waals surface area contributed by atoms with Gasteiger partial charge in [0.1, 0.15) is 4.90 Å². The van der Waals surface area contributed by atoms with Crippen LogP contribution in [0, 0.1) is 12.8 Å². The van der Waals surface area contributed by atoms with Crippen LogP contribution < -0.4 is 0 Å². The molecule has 1 aromatic carbocycles. The molecule has 1 saturated carbocycles. The zero-order chi connectivity index (χ0) is 15.5. The maximum Gasteiger partial charge on any atom is 0.295 e. The van der Waals surface area contributed by atoms with E-state index in [-0.39, 0.29) is 4.90 Å². The molecular weight excluding hydrogens is 284 g/mol. The van der Waals surface area contributed by atoms with Gasteiger partial charge in [-0.25, -0.2) is 0 Å². The molecule has 118 valence electrons. The summed E-state index contributed by atoms with van der Waals surface area (Å²) in [6.07, 6.45) is 8.43. The van der Waals surface area contributed by atoms with Gasteiger partial charge in [0, 0.05) is 0 Å². The molecule has 2 rings (SSSR count). The van der Waals surface area contributed by atoms with Gasteiger partial charge in [-0.3, -0.25) is 4.55 Å². The first kappa shape index (κ1) is 16.5. The second-order valence-corrected chi connectivity index (χ2v) is 7.70. The zero-order valence-electron chi connectivity index (χ0n) is 13.1. The average Bonchev–Trinajstić information content (AvgIpc) is 2.38. The topological polar surface area (TPSA) is 54.4 Å². The number of hydrogen-bond donors (Lipinski definition) is 1. The number of hydrogen-bond acceptors (Lipinski definition) is 2. The zero-order valence-corrected chi connectivity index (χ0v) is 13.9. The molecule has 0 atom stereocenters. The highest BCUT2D eigenvalue weighted by Gasteiger charge is 2.23. The third kappa shape index (κ3) is 4.30. The highest BCUT2D eigenvalue weighted by molar-refractivity contribution is 7.86. The maximum absolute atomic E-state index is 11.9. The lowest BCUT2D eigenvalue weighted by Crippen LogP contribution is -2.14. The van der Waals surface area contributed by atoms with E-state index in [4.69, 9.17) is 0 Å². The molecule has 3 nitrogen and oxygen atoms in total. The monoisotopic (exact) mass is 310 g/mol. The summed E-state index contributed by atoms with van der Waals surface area (Å²) in [5.74, 6) is 0.551. The molecule has 1 aliphatic rings. The van der Waals surface area contributed by atoms with Gasteiger partial charge >= 0.3 is 0 Å². The Labute approximate surface area is 128 Å². The van der Waals surface area contributed by atoms with Crippen molar-refractivity contribution in [3.63, 3.8) is 0 Å². The molecule has 1 N–H and O–H groups in total. The van der Waals surface area contributed by atoms with Crippen molar-refractivity contribution in [3.8, 4) is 0 Å². The van der Waals surface area contributed by atoms with Crippen LogP contribution in [0.25, 0.3) is 0 Å². The summed E-state index contributed by atoms with van der Waals surface area (Å²) in [5.41, 5.74) is 2.66. The second-order valence-electron chi connectivity index (χ2n) is 6.35. The van der Waals surface area contributed by atoms with E-state index < -0.39 is 10.1 Å². The molecule has 0 radical (unpaired) electrons. The fourth-order valence-electron chi connectivity index (χ4n) is 3.57. The standard InChI is InChI=1S/C17H26O3S/c1-3-7-15-10-13(2)11-16(17(15)21(18,19)20)12-14-8-5-4-6-9-14/h10-11,14H,3-9,12H2,1-2H3,(H,18,19,20). The fourth-order valence-corrected chi connectivity index (χ4v) is 4.53. The minimum absolute atomic E-state index is 0.181. The van der Waals surface area contributed by atoms with E-state index in [2.05, 4.69) is 0 Å². The Morgan fingerprint density at radius 2 is 1.76 bits per heavy atom. The smallest absolute Gasteiger partial charge is 0.282 e. The molecular formula is C17H26O3S. The van der Waals surface area contributed by atoms with E-state index in [9.17, 15) is 13.0 Å². The molecule has 1 aliphatic carbocycles. The van der Waals surface area contributed by atoms with Gasteiger partial charge in [-0.2, -0.15) is 8.42 Å². The van der Waals surface area contributed by atoms with Crippen molar-refractivity contribution in [2.75, 3.05) is 0 Å². The van der Waals surface area contributed by atoms with Crippen LogP contribution in [0.5, 0.6) is 0 Å². The first-order valence-corrected chi connectivity index (χ1v) is 9.45. The molecule has 0 saturated heterocycles. The molecule has 0 heterocycles. The van der Waals surface area contributed by atoms with Crippen LogP contribution in [-0.4, -0.2) is 13.0 Å². The fraction of sp³-hybridized carbons (Fsp3) is 0.647. The van der Waals surface area contributed by atoms with E-state index >= 15 is 0 Å². The van der Waals surface area contributed by atoms with Gasteiger partial charge in [0.2, 0.25) is 0 Å². The predicted octanol–water partition coefficient (Wildman–Crippen LogP) is 4.32. The molecule has 1 aromatic rings. The van der Waals surface area contributed by atoms with Crippen molar-refractivity contribution < 1.29 is 13.0 Å². The Morgan fingerprint density at radius 1 is 1.14 bits per heavy atom.